The van der Waals surface area contributed by atoms with Crippen molar-refractivity contribution < 1.29 is 10.0 Å². The molecule has 1 aliphatic rings. The molecule has 1 N–H and O–H groups in total. The van der Waals surface area contributed by atoms with Crippen molar-refractivity contribution in [3.63, 3.8) is 0 Å². The molecule has 3 heteroatoms. The largest absolute Gasteiger partial charge is 0.281 e. The van der Waals surface area contributed by atoms with Gasteiger partial charge < -0.3 is 0 Å². The highest BCUT2D eigenvalue weighted by molar-refractivity contribution is 5.92. The first-order valence-corrected chi connectivity index (χ1v) is 9.70. The molecule has 1 fully saturated rings. The second-order valence-electron chi connectivity index (χ2n) is 6.86. The third-order valence-corrected chi connectivity index (χ3v) is 4.86. The van der Waals surface area contributed by atoms with Crippen LogP contribution in [0.3, 0.4) is 0 Å². The van der Waals surface area contributed by atoms with Crippen molar-refractivity contribution in [1.29, 1.82) is 0 Å². The fraction of sp³-hybridized carbons (Fsp3) is 0.500. The molecule has 0 unspecified atom stereocenters. The lowest BCUT2D eigenvalue weighted by Gasteiger charge is -2.22. The van der Waals surface area contributed by atoms with E-state index in [0.717, 1.165) is 30.7 Å². The molecule has 0 saturated heterocycles. The smallest absolute Gasteiger partial charge is 0.253 e. The fourth-order valence-corrected chi connectivity index (χ4v) is 3.36. The van der Waals surface area contributed by atoms with E-state index >= 15 is 0 Å². The monoisotopic (exact) mass is 341 g/mol. The van der Waals surface area contributed by atoms with Crippen LogP contribution in [0.1, 0.15) is 64.2 Å². The molecule has 0 heterocycles. The number of hydrogen-bond acceptors (Lipinski definition) is 2. The molecule has 0 radical (unpaired) electrons. The first-order chi connectivity index (χ1) is 12.3. The number of hydroxylamine groups is 1. The van der Waals surface area contributed by atoms with Crippen molar-refractivity contribution >= 4 is 11.6 Å². The summed E-state index contributed by atoms with van der Waals surface area (Å²) in [5.41, 5.74) is 0.510. The van der Waals surface area contributed by atoms with E-state index in [1.54, 1.807) is 12.1 Å². The van der Waals surface area contributed by atoms with Gasteiger partial charge in [-0.3, -0.25) is 10.0 Å². The Morgan fingerprint density at radius 3 is 1.60 bits per heavy atom. The molecule has 0 aromatic heterocycles. The van der Waals surface area contributed by atoms with Crippen LogP contribution in [0, 0.1) is 5.92 Å². The molecule has 0 aliphatic heterocycles. The SMILES string of the molecule is O=C(C1CCCCCCCCCC1)N(O)c1ccccccccc1. The van der Waals surface area contributed by atoms with Crippen LogP contribution < -0.4 is 5.06 Å². The van der Waals surface area contributed by atoms with Gasteiger partial charge in [-0.2, -0.15) is 5.06 Å². The zero-order chi connectivity index (χ0) is 17.7. The van der Waals surface area contributed by atoms with Crippen molar-refractivity contribution in [1.82, 2.24) is 0 Å². The number of nitrogens with zero attached hydrogens (tertiary/aromatic N) is 1. The molecule has 1 aliphatic carbocycles. The molecule has 1 aromatic rings. The predicted molar refractivity (Wildman–Crippen MR) is 103 cm³/mol. The number of hydrogen-bond donors (Lipinski definition) is 1. The van der Waals surface area contributed by atoms with Crippen LogP contribution in [0.5, 0.6) is 0 Å². The van der Waals surface area contributed by atoms with Crippen molar-refractivity contribution in [2.45, 2.75) is 64.2 Å². The zero-order valence-corrected chi connectivity index (χ0v) is 15.1. The molecular formula is C22H31NO2. The predicted octanol–water partition coefficient (Wildman–Crippen LogP) is 6.06. The second-order valence-corrected chi connectivity index (χ2v) is 6.86. The molecular weight excluding hydrogens is 310 g/mol. The van der Waals surface area contributed by atoms with E-state index in [4.69, 9.17) is 0 Å². The third kappa shape index (κ3) is 7.27. The van der Waals surface area contributed by atoms with Gasteiger partial charge in [-0.05, 0) is 25.0 Å². The van der Waals surface area contributed by atoms with E-state index in [9.17, 15) is 10.0 Å². The molecule has 0 atom stereocenters. The summed E-state index contributed by atoms with van der Waals surface area (Å²) < 4.78 is 0. The van der Waals surface area contributed by atoms with Crippen molar-refractivity contribution in [2.24, 2.45) is 5.92 Å². The third-order valence-electron chi connectivity index (χ3n) is 4.86. The molecule has 1 saturated carbocycles. The maximum absolute atomic E-state index is 12.8. The normalized spacial score (nSPS) is 17.0. The topological polar surface area (TPSA) is 40.5 Å². The summed E-state index contributed by atoms with van der Waals surface area (Å²) in [5, 5.41) is 11.4. The summed E-state index contributed by atoms with van der Waals surface area (Å²) in [7, 11) is 0. The lowest BCUT2D eigenvalue weighted by Crippen LogP contribution is -2.33. The van der Waals surface area contributed by atoms with Gasteiger partial charge >= 0.3 is 0 Å². The Kier molecular flexibility index (Phi) is 9.06. The van der Waals surface area contributed by atoms with Gasteiger partial charge in [-0.1, -0.05) is 93.8 Å². The highest BCUT2D eigenvalue weighted by atomic mass is 16.5. The quantitative estimate of drug-likeness (QED) is 0.524. The molecule has 0 spiro atoms. The standard InChI is InChI=1S/C22H31NO2/c24-22(20-16-12-8-4-1-2-5-9-13-17-20)23(25)21-18-14-10-6-3-7-11-15-19-21/h3,6-7,10-11,14-15,18-20,25H,1-2,4-5,8-9,12-13,16-17H2. The van der Waals surface area contributed by atoms with E-state index in [1.165, 1.54) is 38.5 Å². The van der Waals surface area contributed by atoms with Gasteiger partial charge in [0.15, 0.2) is 0 Å². The van der Waals surface area contributed by atoms with Crippen molar-refractivity contribution in [3.8, 4) is 0 Å². The van der Waals surface area contributed by atoms with Crippen LogP contribution in [0.4, 0.5) is 5.69 Å². The molecule has 2 rings (SSSR count). The Morgan fingerprint density at radius 1 is 0.720 bits per heavy atom. The van der Waals surface area contributed by atoms with E-state index in [-0.39, 0.29) is 11.8 Å². The average molecular weight is 341 g/mol. The van der Waals surface area contributed by atoms with Crippen LogP contribution in [-0.4, -0.2) is 11.1 Å². The van der Waals surface area contributed by atoms with Gasteiger partial charge in [-0.25, -0.2) is 0 Å². The van der Waals surface area contributed by atoms with E-state index < -0.39 is 0 Å². The van der Waals surface area contributed by atoms with Crippen molar-refractivity contribution in [3.05, 3.63) is 54.6 Å². The molecule has 136 valence electrons. The van der Waals surface area contributed by atoms with Gasteiger partial charge in [0, 0.05) is 5.92 Å². The lowest BCUT2D eigenvalue weighted by atomic mass is 9.94. The summed E-state index contributed by atoms with van der Waals surface area (Å²) >= 11 is 0. The van der Waals surface area contributed by atoms with Crippen LogP contribution in [-0.2, 0) is 4.79 Å². The van der Waals surface area contributed by atoms with Gasteiger partial charge in [-0.15, -0.1) is 0 Å². The second kappa shape index (κ2) is 11.6. The zero-order valence-electron chi connectivity index (χ0n) is 15.1. The van der Waals surface area contributed by atoms with E-state index in [2.05, 4.69) is 0 Å². The molecule has 3 nitrogen and oxygen atoms in total. The van der Waals surface area contributed by atoms with Gasteiger partial charge in [0.25, 0.3) is 5.91 Å². The molecule has 25 heavy (non-hydrogen) atoms. The van der Waals surface area contributed by atoms with Crippen LogP contribution in [0.15, 0.2) is 54.6 Å². The van der Waals surface area contributed by atoms with Gasteiger partial charge in [0.05, 0.1) is 5.69 Å². The van der Waals surface area contributed by atoms with Crippen LogP contribution in [0.25, 0.3) is 0 Å². The highest BCUT2D eigenvalue weighted by Crippen LogP contribution is 2.24. The van der Waals surface area contributed by atoms with Crippen LogP contribution in [0.2, 0.25) is 0 Å². The van der Waals surface area contributed by atoms with E-state index in [1.807, 2.05) is 42.5 Å². The summed E-state index contributed by atoms with van der Waals surface area (Å²) in [4.78, 5) is 12.8. The Hall–Kier alpha value is -1.87. The Labute approximate surface area is 152 Å². The molecule has 1 amide bonds. The average Bonchev–Trinajstić information content (AvgIpc) is 2.70. The molecule has 0 bridgehead atoms. The number of carbonyl (C=O) groups is 1. The number of anilines is 1. The van der Waals surface area contributed by atoms with Gasteiger partial charge in [0.1, 0.15) is 0 Å². The van der Waals surface area contributed by atoms with E-state index in [0.29, 0.717) is 5.69 Å². The Balaban J connectivity index is 2.10. The molecule has 1 aromatic carbocycles. The lowest BCUT2D eigenvalue weighted by molar-refractivity contribution is -0.128. The fourth-order valence-electron chi connectivity index (χ4n) is 3.36. The number of carbonyl (C=O) groups excluding carboxylic acids is 1. The summed E-state index contributed by atoms with van der Waals surface area (Å²) in [6.07, 6.45) is 11.5. The maximum atomic E-state index is 12.8. The first kappa shape index (κ1) is 19.5. The number of amides is 1. The van der Waals surface area contributed by atoms with Crippen molar-refractivity contribution in [2.75, 3.05) is 5.06 Å². The summed E-state index contributed by atoms with van der Waals surface area (Å²) in [6, 6.07) is 16.7. The Bertz CT molecular complexity index is 535. The maximum Gasteiger partial charge on any atom is 0.253 e. The minimum Gasteiger partial charge on any atom is -0.281 e. The minimum atomic E-state index is -0.167. The summed E-state index contributed by atoms with van der Waals surface area (Å²) in [6.45, 7) is 0. The minimum absolute atomic E-state index is 0.0766. The van der Waals surface area contributed by atoms with Gasteiger partial charge in [0.2, 0.25) is 0 Å². The Morgan fingerprint density at radius 2 is 1.12 bits per heavy atom. The van der Waals surface area contributed by atoms with Crippen LogP contribution >= 0.6 is 0 Å². The first-order valence-electron chi connectivity index (χ1n) is 9.70. The highest BCUT2D eigenvalue weighted by Gasteiger charge is 2.23. The number of rotatable bonds is 2. The summed E-state index contributed by atoms with van der Waals surface area (Å²) in [5.74, 6) is -0.243.